The van der Waals surface area contributed by atoms with Crippen molar-refractivity contribution in [1.82, 2.24) is 4.98 Å². The SMILES string of the molecule is NCCC(O)C(O)c1cc2cc[nH]c2cc1Cl. The summed E-state index contributed by atoms with van der Waals surface area (Å²) in [6.07, 6.45) is 0.232. The number of aromatic nitrogens is 1. The van der Waals surface area contributed by atoms with Gasteiger partial charge < -0.3 is 20.9 Å². The zero-order chi connectivity index (χ0) is 12.4. The van der Waals surface area contributed by atoms with Gasteiger partial charge >= 0.3 is 0 Å². The molecular weight excluding hydrogens is 240 g/mol. The first-order valence-electron chi connectivity index (χ1n) is 5.46. The van der Waals surface area contributed by atoms with E-state index >= 15 is 0 Å². The number of rotatable bonds is 4. The van der Waals surface area contributed by atoms with Crippen molar-refractivity contribution in [3.05, 3.63) is 35.0 Å². The second-order valence-electron chi connectivity index (χ2n) is 4.03. The Labute approximate surface area is 104 Å². The van der Waals surface area contributed by atoms with E-state index in [2.05, 4.69) is 4.98 Å². The number of halogens is 1. The fraction of sp³-hybridized carbons (Fsp3) is 0.333. The van der Waals surface area contributed by atoms with Crippen molar-refractivity contribution in [1.29, 1.82) is 0 Å². The molecule has 0 saturated carbocycles. The predicted molar refractivity (Wildman–Crippen MR) is 67.9 cm³/mol. The molecule has 0 radical (unpaired) electrons. The summed E-state index contributed by atoms with van der Waals surface area (Å²) >= 11 is 6.08. The van der Waals surface area contributed by atoms with Gasteiger partial charge in [0.15, 0.2) is 0 Å². The zero-order valence-electron chi connectivity index (χ0n) is 9.23. The Bertz CT molecular complexity index is 512. The summed E-state index contributed by atoms with van der Waals surface area (Å²) in [6, 6.07) is 5.40. The lowest BCUT2D eigenvalue weighted by molar-refractivity contribution is 0.0151. The highest BCUT2D eigenvalue weighted by molar-refractivity contribution is 6.32. The van der Waals surface area contributed by atoms with Crippen LogP contribution in [0.1, 0.15) is 18.1 Å². The summed E-state index contributed by atoms with van der Waals surface area (Å²) in [6.45, 7) is 0.322. The Balaban J connectivity index is 2.36. The average Bonchev–Trinajstić information content (AvgIpc) is 2.74. The first-order chi connectivity index (χ1) is 8.13. The molecule has 5 heteroatoms. The molecule has 0 fully saturated rings. The maximum Gasteiger partial charge on any atom is 0.106 e. The van der Waals surface area contributed by atoms with Crippen LogP contribution in [-0.4, -0.2) is 27.8 Å². The number of aliphatic hydroxyl groups excluding tert-OH is 2. The van der Waals surface area contributed by atoms with Gasteiger partial charge in [-0.05, 0) is 36.6 Å². The van der Waals surface area contributed by atoms with Gasteiger partial charge in [-0.1, -0.05) is 11.6 Å². The lowest BCUT2D eigenvalue weighted by atomic mass is 10.0. The topological polar surface area (TPSA) is 82.3 Å². The van der Waals surface area contributed by atoms with Crippen LogP contribution in [0.15, 0.2) is 24.4 Å². The van der Waals surface area contributed by atoms with Crippen molar-refractivity contribution in [3.63, 3.8) is 0 Å². The zero-order valence-corrected chi connectivity index (χ0v) is 9.98. The van der Waals surface area contributed by atoms with Crippen LogP contribution in [0.2, 0.25) is 5.02 Å². The highest BCUT2D eigenvalue weighted by atomic mass is 35.5. The van der Waals surface area contributed by atoms with E-state index in [1.165, 1.54) is 0 Å². The minimum Gasteiger partial charge on any atom is -0.390 e. The minimum absolute atomic E-state index is 0.322. The highest BCUT2D eigenvalue weighted by Crippen LogP contribution is 2.30. The van der Waals surface area contributed by atoms with E-state index in [4.69, 9.17) is 17.3 Å². The van der Waals surface area contributed by atoms with Gasteiger partial charge in [0.2, 0.25) is 0 Å². The van der Waals surface area contributed by atoms with Gasteiger partial charge in [0.05, 0.1) is 6.10 Å². The Morgan fingerprint density at radius 3 is 2.82 bits per heavy atom. The van der Waals surface area contributed by atoms with Crippen LogP contribution in [-0.2, 0) is 0 Å². The number of benzene rings is 1. The normalized spacial score (nSPS) is 15.1. The van der Waals surface area contributed by atoms with E-state index in [1.54, 1.807) is 18.3 Å². The van der Waals surface area contributed by atoms with E-state index in [0.717, 1.165) is 10.9 Å². The van der Waals surface area contributed by atoms with Crippen molar-refractivity contribution < 1.29 is 10.2 Å². The molecule has 1 heterocycles. The van der Waals surface area contributed by atoms with Crippen LogP contribution in [0.4, 0.5) is 0 Å². The molecule has 0 spiro atoms. The van der Waals surface area contributed by atoms with Crippen LogP contribution in [0.3, 0.4) is 0 Å². The average molecular weight is 255 g/mol. The third-order valence-corrected chi connectivity index (χ3v) is 3.14. The van der Waals surface area contributed by atoms with Crippen LogP contribution in [0.5, 0.6) is 0 Å². The number of nitrogens with one attached hydrogen (secondary N) is 1. The molecule has 2 aromatic rings. The highest BCUT2D eigenvalue weighted by Gasteiger charge is 2.20. The number of fused-ring (bicyclic) bond motifs is 1. The van der Waals surface area contributed by atoms with Gasteiger partial charge in [0, 0.05) is 22.3 Å². The quantitative estimate of drug-likeness (QED) is 0.668. The molecule has 17 heavy (non-hydrogen) atoms. The van der Waals surface area contributed by atoms with Gasteiger partial charge in [-0.3, -0.25) is 0 Å². The minimum atomic E-state index is -1.01. The summed E-state index contributed by atoms with van der Waals surface area (Å²) in [7, 11) is 0. The van der Waals surface area contributed by atoms with Crippen LogP contribution in [0.25, 0.3) is 10.9 Å². The van der Waals surface area contributed by atoms with E-state index in [9.17, 15) is 10.2 Å². The number of nitrogens with two attached hydrogens (primary N) is 1. The molecule has 0 bridgehead atoms. The van der Waals surface area contributed by atoms with Gasteiger partial charge in [0.1, 0.15) is 6.10 Å². The molecule has 4 nitrogen and oxygen atoms in total. The molecule has 0 aliphatic heterocycles. The van der Waals surface area contributed by atoms with Gasteiger partial charge in [-0.25, -0.2) is 0 Å². The number of hydrogen-bond donors (Lipinski definition) is 4. The molecular formula is C12H15ClN2O2. The fourth-order valence-electron chi connectivity index (χ4n) is 1.85. The van der Waals surface area contributed by atoms with Crippen molar-refractivity contribution in [3.8, 4) is 0 Å². The fourth-order valence-corrected chi connectivity index (χ4v) is 2.13. The maximum absolute atomic E-state index is 10.00. The molecule has 1 aromatic carbocycles. The van der Waals surface area contributed by atoms with Crippen molar-refractivity contribution in [2.24, 2.45) is 5.73 Å². The van der Waals surface area contributed by atoms with Crippen molar-refractivity contribution in [2.45, 2.75) is 18.6 Å². The predicted octanol–water partition coefficient (Wildman–Crippen LogP) is 1.56. The smallest absolute Gasteiger partial charge is 0.106 e. The van der Waals surface area contributed by atoms with Crippen LogP contribution < -0.4 is 5.73 Å². The third-order valence-electron chi connectivity index (χ3n) is 2.82. The molecule has 92 valence electrons. The lowest BCUT2D eigenvalue weighted by Gasteiger charge is -2.18. The molecule has 0 saturated heterocycles. The summed E-state index contributed by atoms with van der Waals surface area (Å²) in [5.41, 5.74) is 6.78. The van der Waals surface area contributed by atoms with E-state index in [0.29, 0.717) is 23.6 Å². The Kier molecular flexibility index (Phi) is 3.69. The van der Waals surface area contributed by atoms with E-state index in [-0.39, 0.29) is 0 Å². The molecule has 0 aliphatic carbocycles. The molecule has 5 N–H and O–H groups in total. The number of hydrogen-bond acceptors (Lipinski definition) is 3. The Morgan fingerprint density at radius 2 is 2.12 bits per heavy atom. The second kappa shape index (κ2) is 5.06. The van der Waals surface area contributed by atoms with Crippen molar-refractivity contribution in [2.75, 3.05) is 6.54 Å². The summed E-state index contributed by atoms with van der Waals surface area (Å²) in [5.74, 6) is 0. The van der Waals surface area contributed by atoms with Crippen LogP contribution in [0, 0.1) is 0 Å². The van der Waals surface area contributed by atoms with E-state index < -0.39 is 12.2 Å². The van der Waals surface area contributed by atoms with Crippen LogP contribution >= 0.6 is 11.6 Å². The summed E-state index contributed by atoms with van der Waals surface area (Å²) in [4.78, 5) is 3.03. The Morgan fingerprint density at radius 1 is 1.35 bits per heavy atom. The van der Waals surface area contributed by atoms with Gasteiger partial charge in [0.25, 0.3) is 0 Å². The first-order valence-corrected chi connectivity index (χ1v) is 5.84. The van der Waals surface area contributed by atoms with Gasteiger partial charge in [-0.2, -0.15) is 0 Å². The molecule has 0 amide bonds. The first kappa shape index (κ1) is 12.4. The number of aromatic amines is 1. The van der Waals surface area contributed by atoms with Gasteiger partial charge in [-0.15, -0.1) is 0 Å². The molecule has 2 rings (SSSR count). The monoisotopic (exact) mass is 254 g/mol. The molecule has 2 unspecified atom stereocenters. The third kappa shape index (κ3) is 2.45. The Hall–Kier alpha value is -1.07. The standard InChI is InChI=1S/C12H15ClN2O2/c13-9-6-10-7(2-4-15-10)5-8(9)12(17)11(16)1-3-14/h2,4-6,11-12,15-17H,1,3,14H2. The lowest BCUT2D eigenvalue weighted by Crippen LogP contribution is -2.22. The number of aliphatic hydroxyl groups is 2. The largest absolute Gasteiger partial charge is 0.390 e. The summed E-state index contributed by atoms with van der Waals surface area (Å²) < 4.78 is 0. The van der Waals surface area contributed by atoms with E-state index in [1.807, 2.05) is 6.07 Å². The second-order valence-corrected chi connectivity index (χ2v) is 4.44. The van der Waals surface area contributed by atoms with Crippen molar-refractivity contribution >= 4 is 22.5 Å². The molecule has 2 atom stereocenters. The molecule has 1 aromatic heterocycles. The summed E-state index contributed by atoms with van der Waals surface area (Å²) in [5, 5.41) is 21.1. The molecule has 0 aliphatic rings. The maximum atomic E-state index is 10.00. The number of H-pyrrole nitrogens is 1.